The van der Waals surface area contributed by atoms with Crippen LogP contribution in [0.3, 0.4) is 0 Å². The summed E-state index contributed by atoms with van der Waals surface area (Å²) in [6, 6.07) is 5.08. The predicted octanol–water partition coefficient (Wildman–Crippen LogP) is 0.869. The number of carbonyl (C=O) groups is 3. The van der Waals surface area contributed by atoms with E-state index in [2.05, 4.69) is 21.9 Å². The highest BCUT2D eigenvalue weighted by Gasteiger charge is 2.27. The molecule has 0 spiro atoms. The lowest BCUT2D eigenvalue weighted by Gasteiger charge is -2.24. The first-order valence-electron chi connectivity index (χ1n) is 13.7. The number of anilines is 1. The molecule has 0 aromatic heterocycles. The number of hydrogen-bond donors (Lipinski definition) is 4. The summed E-state index contributed by atoms with van der Waals surface area (Å²) in [5.74, 6) is 0.986. The Hall–Kier alpha value is -3.05. The molecular formula is C29H45N3O9. The van der Waals surface area contributed by atoms with Crippen molar-refractivity contribution in [2.45, 2.75) is 45.9 Å². The Morgan fingerprint density at radius 2 is 1.29 bits per heavy atom. The summed E-state index contributed by atoms with van der Waals surface area (Å²) in [7, 11) is 0. The molecule has 0 bridgehead atoms. The van der Waals surface area contributed by atoms with Crippen molar-refractivity contribution < 1.29 is 43.2 Å². The summed E-state index contributed by atoms with van der Waals surface area (Å²) in [4.78, 5) is 37.7. The van der Waals surface area contributed by atoms with E-state index >= 15 is 0 Å². The van der Waals surface area contributed by atoms with E-state index in [0.717, 1.165) is 5.56 Å². The molecule has 2 atom stereocenters. The molecule has 12 heteroatoms. The number of rotatable bonds is 23. The molecule has 0 saturated heterocycles. The van der Waals surface area contributed by atoms with E-state index in [9.17, 15) is 14.4 Å². The lowest BCUT2D eigenvalue weighted by molar-refractivity contribution is -0.132. The van der Waals surface area contributed by atoms with Gasteiger partial charge in [-0.3, -0.25) is 14.4 Å². The molecule has 0 fully saturated rings. The SMILES string of the molecule is C#CCOCCOCCOCCOCCOCCC(=O)N[C@H](C(=O)N[C@@H](C)C(=O)Nc1ccc(CO)cc1)C(C)C. The highest BCUT2D eigenvalue weighted by molar-refractivity contribution is 5.98. The van der Waals surface area contributed by atoms with E-state index < -0.39 is 23.9 Å². The van der Waals surface area contributed by atoms with Gasteiger partial charge in [0, 0.05) is 12.1 Å². The Morgan fingerprint density at radius 3 is 1.78 bits per heavy atom. The van der Waals surface area contributed by atoms with Crippen molar-refractivity contribution in [2.24, 2.45) is 5.92 Å². The van der Waals surface area contributed by atoms with E-state index in [1.165, 1.54) is 0 Å². The topological polar surface area (TPSA) is 154 Å². The van der Waals surface area contributed by atoms with Crippen LogP contribution in [0.1, 0.15) is 32.8 Å². The second-order valence-electron chi connectivity index (χ2n) is 9.32. The maximum atomic E-state index is 12.8. The number of terminal acetylenes is 1. The van der Waals surface area contributed by atoms with Gasteiger partial charge in [-0.05, 0) is 30.5 Å². The summed E-state index contributed by atoms with van der Waals surface area (Å²) in [5, 5.41) is 17.2. The zero-order chi connectivity index (χ0) is 30.3. The van der Waals surface area contributed by atoms with Gasteiger partial charge in [-0.2, -0.15) is 0 Å². The lowest BCUT2D eigenvalue weighted by atomic mass is 10.0. The Labute approximate surface area is 242 Å². The standard InChI is InChI=1S/C29H45N3O9/c1-5-11-37-13-15-39-17-19-41-20-18-40-16-14-38-12-10-26(34)32-27(22(2)3)29(36)30-23(4)28(35)31-25-8-6-24(21-33)7-9-25/h1,6-9,22-23,27,33H,10-21H2,2-4H3,(H,30,36)(H,31,35)(H,32,34)/t23-,27-/m0/s1. The molecule has 0 heterocycles. The summed E-state index contributed by atoms with van der Waals surface area (Å²) in [5.41, 5.74) is 1.26. The van der Waals surface area contributed by atoms with Gasteiger partial charge < -0.3 is 44.7 Å². The van der Waals surface area contributed by atoms with Crippen LogP contribution >= 0.6 is 0 Å². The summed E-state index contributed by atoms with van der Waals surface area (Å²) in [6.07, 6.45) is 5.15. The molecule has 1 rings (SSSR count). The molecule has 0 aliphatic rings. The van der Waals surface area contributed by atoms with E-state index in [1.54, 1.807) is 45.0 Å². The molecule has 4 N–H and O–H groups in total. The van der Waals surface area contributed by atoms with Gasteiger partial charge in [0.25, 0.3) is 0 Å². The van der Waals surface area contributed by atoms with E-state index in [-0.39, 0.29) is 38.1 Å². The van der Waals surface area contributed by atoms with Crippen molar-refractivity contribution in [1.82, 2.24) is 10.6 Å². The number of benzene rings is 1. The molecule has 0 aliphatic carbocycles. The van der Waals surface area contributed by atoms with Gasteiger partial charge in [0.05, 0.1) is 66.1 Å². The van der Waals surface area contributed by atoms with Crippen LogP contribution in [0.2, 0.25) is 0 Å². The highest BCUT2D eigenvalue weighted by Crippen LogP contribution is 2.10. The van der Waals surface area contributed by atoms with Gasteiger partial charge in [0.1, 0.15) is 18.7 Å². The zero-order valence-electron chi connectivity index (χ0n) is 24.3. The molecule has 0 radical (unpaired) electrons. The number of aliphatic hydroxyl groups is 1. The first-order valence-corrected chi connectivity index (χ1v) is 13.7. The van der Waals surface area contributed by atoms with Crippen LogP contribution in [-0.4, -0.2) is 101 Å². The first-order chi connectivity index (χ1) is 19.8. The van der Waals surface area contributed by atoms with Crippen LogP contribution in [-0.2, 0) is 44.7 Å². The van der Waals surface area contributed by atoms with E-state index in [0.29, 0.717) is 58.5 Å². The van der Waals surface area contributed by atoms with Gasteiger partial charge in [-0.1, -0.05) is 31.9 Å². The monoisotopic (exact) mass is 579 g/mol. The maximum Gasteiger partial charge on any atom is 0.246 e. The number of hydrogen-bond acceptors (Lipinski definition) is 9. The fourth-order valence-electron chi connectivity index (χ4n) is 3.27. The summed E-state index contributed by atoms with van der Waals surface area (Å²) < 4.78 is 26.6. The number of ether oxygens (including phenoxy) is 5. The van der Waals surface area contributed by atoms with Crippen LogP contribution < -0.4 is 16.0 Å². The van der Waals surface area contributed by atoms with E-state index in [1.807, 2.05) is 0 Å². The van der Waals surface area contributed by atoms with Crippen LogP contribution in [0.5, 0.6) is 0 Å². The van der Waals surface area contributed by atoms with Crippen molar-refractivity contribution in [3.63, 3.8) is 0 Å². The van der Waals surface area contributed by atoms with Crippen LogP contribution in [0.25, 0.3) is 0 Å². The minimum Gasteiger partial charge on any atom is -0.392 e. The maximum absolute atomic E-state index is 12.8. The lowest BCUT2D eigenvalue weighted by Crippen LogP contribution is -2.53. The van der Waals surface area contributed by atoms with Gasteiger partial charge in [0.2, 0.25) is 17.7 Å². The third-order valence-corrected chi connectivity index (χ3v) is 5.57. The third kappa shape index (κ3) is 17.4. The average molecular weight is 580 g/mol. The predicted molar refractivity (Wildman–Crippen MR) is 153 cm³/mol. The molecule has 1 aromatic rings. The Morgan fingerprint density at radius 1 is 0.780 bits per heavy atom. The van der Waals surface area contributed by atoms with Crippen molar-refractivity contribution in [2.75, 3.05) is 71.4 Å². The number of carbonyl (C=O) groups excluding carboxylic acids is 3. The van der Waals surface area contributed by atoms with Gasteiger partial charge >= 0.3 is 0 Å². The fourth-order valence-corrected chi connectivity index (χ4v) is 3.27. The molecule has 41 heavy (non-hydrogen) atoms. The number of nitrogens with one attached hydrogen (secondary N) is 3. The van der Waals surface area contributed by atoms with Crippen molar-refractivity contribution in [3.05, 3.63) is 29.8 Å². The van der Waals surface area contributed by atoms with Gasteiger partial charge in [0.15, 0.2) is 0 Å². The molecule has 0 aliphatic heterocycles. The molecular weight excluding hydrogens is 534 g/mol. The molecule has 1 aromatic carbocycles. The molecule has 3 amide bonds. The van der Waals surface area contributed by atoms with E-state index in [4.69, 9.17) is 35.2 Å². The third-order valence-electron chi connectivity index (χ3n) is 5.57. The summed E-state index contributed by atoms with van der Waals surface area (Å²) >= 11 is 0. The second kappa shape index (κ2) is 22.6. The van der Waals surface area contributed by atoms with Gasteiger partial charge in [-0.15, -0.1) is 6.42 Å². The Bertz CT molecular complexity index is 919. The fraction of sp³-hybridized carbons (Fsp3) is 0.621. The van der Waals surface area contributed by atoms with Crippen LogP contribution in [0.15, 0.2) is 24.3 Å². The molecule has 12 nitrogen and oxygen atoms in total. The molecule has 0 unspecified atom stereocenters. The number of amides is 3. The largest absolute Gasteiger partial charge is 0.392 e. The van der Waals surface area contributed by atoms with Crippen molar-refractivity contribution in [1.29, 1.82) is 0 Å². The Balaban J connectivity index is 2.16. The van der Waals surface area contributed by atoms with Crippen LogP contribution in [0.4, 0.5) is 5.69 Å². The first kappa shape index (κ1) is 36.0. The van der Waals surface area contributed by atoms with Crippen molar-refractivity contribution in [3.8, 4) is 12.3 Å². The summed E-state index contributed by atoms with van der Waals surface area (Å²) in [6.45, 7) is 8.86. The zero-order valence-corrected chi connectivity index (χ0v) is 24.3. The Kier molecular flexibility index (Phi) is 19.8. The molecule has 0 saturated carbocycles. The van der Waals surface area contributed by atoms with Gasteiger partial charge in [-0.25, -0.2) is 0 Å². The highest BCUT2D eigenvalue weighted by atomic mass is 16.6. The smallest absolute Gasteiger partial charge is 0.246 e. The minimum atomic E-state index is -0.829. The van der Waals surface area contributed by atoms with Crippen LogP contribution in [0, 0.1) is 18.3 Å². The average Bonchev–Trinajstić information content (AvgIpc) is 2.95. The van der Waals surface area contributed by atoms with Crippen molar-refractivity contribution >= 4 is 23.4 Å². The normalized spacial score (nSPS) is 12.4. The minimum absolute atomic E-state index is 0.0766. The molecule has 230 valence electrons. The quantitative estimate of drug-likeness (QED) is 0.109. The second-order valence-corrected chi connectivity index (χ2v) is 9.32. The number of aliphatic hydroxyl groups excluding tert-OH is 1.